The van der Waals surface area contributed by atoms with E-state index in [0.29, 0.717) is 11.8 Å². The number of phenolic OH excluding ortho intramolecular Hbond substituents is 1. The lowest BCUT2D eigenvalue weighted by atomic mass is 9.81. The van der Waals surface area contributed by atoms with Gasteiger partial charge in [0.2, 0.25) is 0 Å². The van der Waals surface area contributed by atoms with Crippen molar-refractivity contribution in [1.29, 1.82) is 0 Å². The standard InChI is InChI=1S/C17H25NO/c1-18-16-9-4-2-3-6-13(16)10-11-17(18)14-7-5-8-15(19)12-14/h5,7-8,12-13,16-17,19H,2-4,6,9-11H2,1H3/t13-,16+,17+/m0/s1. The van der Waals surface area contributed by atoms with Gasteiger partial charge in [0.1, 0.15) is 5.75 Å². The Labute approximate surface area is 116 Å². The van der Waals surface area contributed by atoms with Crippen LogP contribution in [0.2, 0.25) is 0 Å². The molecule has 1 aliphatic carbocycles. The summed E-state index contributed by atoms with van der Waals surface area (Å²) in [7, 11) is 2.29. The van der Waals surface area contributed by atoms with Crippen LogP contribution in [0.5, 0.6) is 5.75 Å². The first-order chi connectivity index (χ1) is 9.25. The van der Waals surface area contributed by atoms with Crippen LogP contribution in [-0.2, 0) is 0 Å². The van der Waals surface area contributed by atoms with E-state index in [1.165, 1.54) is 50.5 Å². The Bertz CT molecular complexity index is 431. The summed E-state index contributed by atoms with van der Waals surface area (Å²) in [6.07, 6.45) is 9.59. The summed E-state index contributed by atoms with van der Waals surface area (Å²) in [6, 6.07) is 9.09. The van der Waals surface area contributed by atoms with E-state index in [1.54, 1.807) is 6.07 Å². The SMILES string of the molecule is CN1[C@@H](c2cccc(O)c2)CC[C@@H]2CCCCC[C@H]21. The fraction of sp³-hybridized carbons (Fsp3) is 0.647. The first kappa shape index (κ1) is 13.0. The van der Waals surface area contributed by atoms with Gasteiger partial charge in [-0.15, -0.1) is 0 Å². The van der Waals surface area contributed by atoms with Crippen LogP contribution in [0.1, 0.15) is 56.6 Å². The van der Waals surface area contributed by atoms with Gasteiger partial charge in [-0.3, -0.25) is 4.90 Å². The molecule has 0 spiro atoms. The van der Waals surface area contributed by atoms with Crippen molar-refractivity contribution < 1.29 is 5.11 Å². The maximum atomic E-state index is 9.69. The summed E-state index contributed by atoms with van der Waals surface area (Å²) in [5, 5.41) is 9.69. The predicted octanol–water partition coefficient (Wildman–Crippen LogP) is 4.11. The van der Waals surface area contributed by atoms with Crippen LogP contribution in [0.4, 0.5) is 0 Å². The number of phenols is 1. The van der Waals surface area contributed by atoms with E-state index in [2.05, 4.69) is 18.0 Å². The van der Waals surface area contributed by atoms with Gasteiger partial charge in [-0.25, -0.2) is 0 Å². The molecular formula is C17H25NO. The van der Waals surface area contributed by atoms with Crippen molar-refractivity contribution in [3.63, 3.8) is 0 Å². The highest BCUT2D eigenvalue weighted by Crippen LogP contribution is 2.41. The molecule has 0 aromatic heterocycles. The zero-order chi connectivity index (χ0) is 13.2. The van der Waals surface area contributed by atoms with Crippen LogP contribution < -0.4 is 0 Å². The van der Waals surface area contributed by atoms with Crippen LogP contribution in [0.15, 0.2) is 24.3 Å². The van der Waals surface area contributed by atoms with Crippen molar-refractivity contribution in [1.82, 2.24) is 4.90 Å². The second-order valence-electron chi connectivity index (χ2n) is 6.32. The summed E-state index contributed by atoms with van der Waals surface area (Å²) >= 11 is 0. The lowest BCUT2D eigenvalue weighted by molar-refractivity contribution is 0.0588. The van der Waals surface area contributed by atoms with Crippen molar-refractivity contribution >= 4 is 0 Å². The Balaban J connectivity index is 1.81. The van der Waals surface area contributed by atoms with Crippen LogP contribution in [0.3, 0.4) is 0 Å². The van der Waals surface area contributed by atoms with E-state index < -0.39 is 0 Å². The summed E-state index contributed by atoms with van der Waals surface area (Å²) in [4.78, 5) is 2.59. The van der Waals surface area contributed by atoms with Crippen molar-refractivity contribution in [2.24, 2.45) is 5.92 Å². The molecule has 1 saturated heterocycles. The number of hydrogen-bond acceptors (Lipinski definition) is 2. The first-order valence-electron chi connectivity index (χ1n) is 7.76. The van der Waals surface area contributed by atoms with E-state index in [9.17, 15) is 5.11 Å². The maximum Gasteiger partial charge on any atom is 0.115 e. The Morgan fingerprint density at radius 1 is 1.05 bits per heavy atom. The third kappa shape index (κ3) is 2.64. The molecule has 104 valence electrons. The molecule has 2 heteroatoms. The average molecular weight is 259 g/mol. The maximum absolute atomic E-state index is 9.69. The van der Waals surface area contributed by atoms with Crippen molar-refractivity contribution in [2.45, 2.75) is 57.0 Å². The molecule has 1 aromatic carbocycles. The fourth-order valence-corrected chi connectivity index (χ4v) is 4.18. The van der Waals surface area contributed by atoms with Gasteiger partial charge >= 0.3 is 0 Å². The van der Waals surface area contributed by atoms with Crippen molar-refractivity contribution in [3.8, 4) is 5.75 Å². The summed E-state index contributed by atoms with van der Waals surface area (Å²) in [6.45, 7) is 0. The average Bonchev–Trinajstić information content (AvgIpc) is 2.65. The molecule has 0 bridgehead atoms. The highest BCUT2D eigenvalue weighted by molar-refractivity contribution is 5.29. The third-order valence-corrected chi connectivity index (χ3v) is 5.20. The van der Waals surface area contributed by atoms with Gasteiger partial charge in [0, 0.05) is 12.1 Å². The molecule has 1 heterocycles. The molecule has 1 N–H and O–H groups in total. The van der Waals surface area contributed by atoms with Gasteiger partial charge in [-0.05, 0) is 56.3 Å². The lowest BCUT2D eigenvalue weighted by Gasteiger charge is -2.44. The van der Waals surface area contributed by atoms with E-state index >= 15 is 0 Å². The Kier molecular flexibility index (Phi) is 3.79. The van der Waals surface area contributed by atoms with E-state index in [1.807, 2.05) is 12.1 Å². The number of nitrogens with zero attached hydrogens (tertiary/aromatic N) is 1. The second kappa shape index (κ2) is 5.54. The minimum Gasteiger partial charge on any atom is -0.508 e. The van der Waals surface area contributed by atoms with Gasteiger partial charge in [-0.1, -0.05) is 31.4 Å². The minimum atomic E-state index is 0.397. The molecule has 0 radical (unpaired) electrons. The van der Waals surface area contributed by atoms with Crippen LogP contribution in [0.25, 0.3) is 0 Å². The van der Waals surface area contributed by atoms with Crippen molar-refractivity contribution in [3.05, 3.63) is 29.8 Å². The van der Waals surface area contributed by atoms with E-state index in [0.717, 1.165) is 12.0 Å². The van der Waals surface area contributed by atoms with Gasteiger partial charge in [0.25, 0.3) is 0 Å². The molecular weight excluding hydrogens is 234 g/mol. The Hall–Kier alpha value is -1.02. The molecule has 19 heavy (non-hydrogen) atoms. The summed E-state index contributed by atoms with van der Waals surface area (Å²) in [5.74, 6) is 1.30. The zero-order valence-electron chi connectivity index (χ0n) is 11.9. The molecule has 3 atom stereocenters. The smallest absolute Gasteiger partial charge is 0.115 e. The molecule has 1 aliphatic heterocycles. The van der Waals surface area contributed by atoms with E-state index in [-0.39, 0.29) is 0 Å². The molecule has 0 unspecified atom stereocenters. The number of piperidine rings is 1. The monoisotopic (exact) mass is 259 g/mol. The summed E-state index contributed by atoms with van der Waals surface area (Å²) in [5.41, 5.74) is 1.28. The number of benzene rings is 1. The molecule has 0 amide bonds. The normalized spacial score (nSPS) is 32.6. The van der Waals surface area contributed by atoms with Crippen LogP contribution >= 0.6 is 0 Å². The van der Waals surface area contributed by atoms with Gasteiger partial charge in [-0.2, -0.15) is 0 Å². The fourth-order valence-electron chi connectivity index (χ4n) is 4.18. The third-order valence-electron chi connectivity index (χ3n) is 5.20. The van der Waals surface area contributed by atoms with Crippen LogP contribution in [-0.4, -0.2) is 23.1 Å². The highest BCUT2D eigenvalue weighted by atomic mass is 16.3. The number of likely N-dealkylation sites (tertiary alicyclic amines) is 1. The second-order valence-corrected chi connectivity index (χ2v) is 6.32. The molecule has 3 rings (SSSR count). The molecule has 2 fully saturated rings. The van der Waals surface area contributed by atoms with Gasteiger partial charge < -0.3 is 5.11 Å². The van der Waals surface area contributed by atoms with E-state index in [4.69, 9.17) is 0 Å². The lowest BCUT2D eigenvalue weighted by Crippen LogP contribution is -2.44. The van der Waals surface area contributed by atoms with Gasteiger partial charge in [0.15, 0.2) is 0 Å². The van der Waals surface area contributed by atoms with Gasteiger partial charge in [0.05, 0.1) is 0 Å². The zero-order valence-corrected chi connectivity index (χ0v) is 11.9. The molecule has 1 saturated carbocycles. The highest BCUT2D eigenvalue weighted by Gasteiger charge is 2.35. The number of hydrogen-bond donors (Lipinski definition) is 1. The largest absolute Gasteiger partial charge is 0.508 e. The Morgan fingerprint density at radius 2 is 1.89 bits per heavy atom. The number of aromatic hydroxyl groups is 1. The first-order valence-corrected chi connectivity index (χ1v) is 7.76. The summed E-state index contributed by atoms with van der Waals surface area (Å²) < 4.78 is 0. The topological polar surface area (TPSA) is 23.5 Å². The van der Waals surface area contributed by atoms with Crippen molar-refractivity contribution in [2.75, 3.05) is 7.05 Å². The minimum absolute atomic E-state index is 0.397. The quantitative estimate of drug-likeness (QED) is 0.820. The predicted molar refractivity (Wildman–Crippen MR) is 78.2 cm³/mol. The number of rotatable bonds is 1. The van der Waals surface area contributed by atoms with Crippen LogP contribution in [0, 0.1) is 5.92 Å². The number of fused-ring (bicyclic) bond motifs is 1. The molecule has 2 aliphatic rings. The Morgan fingerprint density at radius 3 is 2.74 bits per heavy atom. The molecule has 2 nitrogen and oxygen atoms in total. The molecule has 1 aromatic rings.